The van der Waals surface area contributed by atoms with Crippen LogP contribution in [0.5, 0.6) is 0 Å². The number of nitrogens with zero attached hydrogens (tertiary/aromatic N) is 1. The zero-order valence-electron chi connectivity index (χ0n) is 15.5. The van der Waals surface area contributed by atoms with E-state index in [2.05, 4.69) is 45.2 Å². The summed E-state index contributed by atoms with van der Waals surface area (Å²) in [5.74, 6) is 2.19. The number of thioether (sulfide) groups is 1. The van der Waals surface area contributed by atoms with E-state index in [1.54, 1.807) is 7.05 Å². The van der Waals surface area contributed by atoms with Gasteiger partial charge in [0.15, 0.2) is 5.96 Å². The molecule has 0 bridgehead atoms. The first-order valence-electron chi connectivity index (χ1n) is 9.19. The van der Waals surface area contributed by atoms with Crippen LogP contribution < -0.4 is 16.0 Å². The smallest absolute Gasteiger partial charge is 0.223 e. The first-order valence-corrected chi connectivity index (χ1v) is 10.2. The molecule has 0 atom stereocenters. The Morgan fingerprint density at radius 1 is 1.04 bits per heavy atom. The molecule has 2 rings (SSSR count). The summed E-state index contributed by atoms with van der Waals surface area (Å²) in [6.45, 7) is 2.16. The van der Waals surface area contributed by atoms with E-state index in [0.29, 0.717) is 13.1 Å². The molecule has 0 heterocycles. The number of benzene rings is 1. The number of rotatable bonds is 8. The lowest BCUT2D eigenvalue weighted by atomic mass is 9.89. The average molecular weight is 490 g/mol. The number of nitrogens with one attached hydrogen (secondary N) is 3. The quantitative estimate of drug-likeness (QED) is 0.172. The van der Waals surface area contributed by atoms with Gasteiger partial charge in [-0.3, -0.25) is 9.79 Å². The molecule has 0 saturated heterocycles. The largest absolute Gasteiger partial charge is 0.356 e. The lowest BCUT2D eigenvalue weighted by Gasteiger charge is -2.21. The highest BCUT2D eigenvalue weighted by atomic mass is 127. The van der Waals surface area contributed by atoms with Crippen molar-refractivity contribution in [1.82, 2.24) is 16.0 Å². The highest BCUT2D eigenvalue weighted by Crippen LogP contribution is 2.23. The van der Waals surface area contributed by atoms with Crippen LogP contribution in [0.4, 0.5) is 0 Å². The van der Waals surface area contributed by atoms with E-state index in [1.165, 1.54) is 24.2 Å². The van der Waals surface area contributed by atoms with Gasteiger partial charge in [-0.15, -0.1) is 35.7 Å². The van der Waals surface area contributed by atoms with E-state index in [9.17, 15) is 4.79 Å². The van der Waals surface area contributed by atoms with Gasteiger partial charge in [0, 0.05) is 43.2 Å². The van der Waals surface area contributed by atoms with E-state index in [4.69, 9.17) is 0 Å². The number of guanidine groups is 1. The van der Waals surface area contributed by atoms with Gasteiger partial charge in [0.1, 0.15) is 0 Å². The van der Waals surface area contributed by atoms with Crippen LogP contribution in [-0.4, -0.2) is 44.3 Å². The highest BCUT2D eigenvalue weighted by Gasteiger charge is 2.20. The summed E-state index contributed by atoms with van der Waals surface area (Å²) in [4.78, 5) is 17.6. The zero-order valence-corrected chi connectivity index (χ0v) is 18.6. The number of aliphatic imine (C=N–C) groups is 1. The third-order valence-electron chi connectivity index (χ3n) is 4.32. The van der Waals surface area contributed by atoms with E-state index >= 15 is 0 Å². The van der Waals surface area contributed by atoms with E-state index in [-0.39, 0.29) is 35.8 Å². The molecule has 1 fully saturated rings. The van der Waals surface area contributed by atoms with Crippen LogP contribution in [0.1, 0.15) is 32.1 Å². The van der Waals surface area contributed by atoms with Crippen LogP contribution in [0.3, 0.4) is 0 Å². The lowest BCUT2D eigenvalue weighted by molar-refractivity contribution is -0.125. The minimum absolute atomic E-state index is 0. The Morgan fingerprint density at radius 2 is 1.69 bits per heavy atom. The molecule has 0 radical (unpaired) electrons. The molecule has 1 aliphatic rings. The van der Waals surface area contributed by atoms with Crippen molar-refractivity contribution in [2.75, 3.05) is 32.4 Å². The number of halogens is 1. The number of hydrogen-bond donors (Lipinski definition) is 3. The molecule has 1 aromatic rings. The minimum Gasteiger partial charge on any atom is -0.356 e. The molecular weight excluding hydrogens is 459 g/mol. The Kier molecular flexibility index (Phi) is 12.6. The van der Waals surface area contributed by atoms with Gasteiger partial charge in [0.25, 0.3) is 0 Å². The van der Waals surface area contributed by atoms with Crippen molar-refractivity contribution < 1.29 is 4.79 Å². The summed E-state index contributed by atoms with van der Waals surface area (Å²) in [7, 11) is 1.76. The van der Waals surface area contributed by atoms with Crippen LogP contribution in [0.25, 0.3) is 0 Å². The molecule has 7 heteroatoms. The monoisotopic (exact) mass is 490 g/mol. The molecule has 0 unspecified atom stereocenters. The minimum atomic E-state index is 0. The highest BCUT2D eigenvalue weighted by molar-refractivity contribution is 14.0. The van der Waals surface area contributed by atoms with Crippen LogP contribution in [0, 0.1) is 5.92 Å². The fourth-order valence-corrected chi connectivity index (χ4v) is 3.74. The Bertz CT molecular complexity index is 536. The second-order valence-electron chi connectivity index (χ2n) is 6.21. The van der Waals surface area contributed by atoms with Gasteiger partial charge in [-0.25, -0.2) is 0 Å². The predicted molar refractivity (Wildman–Crippen MR) is 122 cm³/mol. The first-order chi connectivity index (χ1) is 12.3. The van der Waals surface area contributed by atoms with Gasteiger partial charge >= 0.3 is 0 Å². The molecule has 0 aromatic heterocycles. The van der Waals surface area contributed by atoms with E-state index in [0.717, 1.165) is 31.1 Å². The Labute approximate surface area is 178 Å². The van der Waals surface area contributed by atoms with Crippen molar-refractivity contribution in [3.8, 4) is 0 Å². The van der Waals surface area contributed by atoms with Gasteiger partial charge in [-0.2, -0.15) is 0 Å². The van der Waals surface area contributed by atoms with Gasteiger partial charge in [-0.05, 0) is 25.0 Å². The van der Waals surface area contributed by atoms with Crippen molar-refractivity contribution in [2.24, 2.45) is 10.9 Å². The molecule has 1 amide bonds. The Balaban J connectivity index is 0.00000338. The Hall–Kier alpha value is -0.960. The summed E-state index contributed by atoms with van der Waals surface area (Å²) in [6, 6.07) is 10.4. The van der Waals surface area contributed by atoms with Crippen molar-refractivity contribution in [1.29, 1.82) is 0 Å². The van der Waals surface area contributed by atoms with Crippen molar-refractivity contribution in [2.45, 2.75) is 37.0 Å². The zero-order chi connectivity index (χ0) is 17.7. The number of carbonyl (C=O) groups excluding carboxylic acids is 1. The van der Waals surface area contributed by atoms with Crippen molar-refractivity contribution in [3.05, 3.63) is 30.3 Å². The maximum atomic E-state index is 12.1. The molecule has 0 aliphatic heterocycles. The predicted octanol–water partition coefficient (Wildman–Crippen LogP) is 3.26. The van der Waals surface area contributed by atoms with Crippen molar-refractivity contribution in [3.63, 3.8) is 0 Å². The molecule has 5 nitrogen and oxygen atoms in total. The summed E-state index contributed by atoms with van der Waals surface area (Å²) in [5.41, 5.74) is 0. The number of hydrogen-bond acceptors (Lipinski definition) is 3. The molecule has 0 spiro atoms. The Morgan fingerprint density at radius 3 is 2.38 bits per heavy atom. The third kappa shape index (κ3) is 9.12. The summed E-state index contributed by atoms with van der Waals surface area (Å²) in [5, 5.41) is 9.57. The van der Waals surface area contributed by atoms with Crippen LogP contribution in [0.15, 0.2) is 40.2 Å². The van der Waals surface area contributed by atoms with Gasteiger partial charge < -0.3 is 16.0 Å². The standard InChI is InChI=1S/C19H30N4OS.HI/c1-20-19(23-14-15-25-17-10-6-3-7-11-17)22-13-12-21-18(24)16-8-4-2-5-9-16;/h3,6-7,10-11,16H,2,4-5,8-9,12-15H2,1H3,(H,21,24)(H2,20,22,23);1H. The van der Waals surface area contributed by atoms with Crippen LogP contribution >= 0.6 is 35.7 Å². The maximum absolute atomic E-state index is 12.1. The number of amides is 1. The maximum Gasteiger partial charge on any atom is 0.223 e. The molecular formula is C19H31IN4OS. The normalized spacial score (nSPS) is 15.0. The summed E-state index contributed by atoms with van der Waals surface area (Å²) in [6.07, 6.45) is 5.74. The van der Waals surface area contributed by atoms with Crippen LogP contribution in [0.2, 0.25) is 0 Å². The van der Waals surface area contributed by atoms with E-state index in [1.807, 2.05) is 17.8 Å². The van der Waals surface area contributed by atoms with Gasteiger partial charge in [0.2, 0.25) is 5.91 Å². The fraction of sp³-hybridized carbons (Fsp3) is 0.579. The fourth-order valence-electron chi connectivity index (χ4n) is 2.95. The van der Waals surface area contributed by atoms with Crippen LogP contribution in [-0.2, 0) is 4.79 Å². The molecule has 3 N–H and O–H groups in total. The molecule has 146 valence electrons. The molecule has 1 saturated carbocycles. The molecule has 26 heavy (non-hydrogen) atoms. The van der Waals surface area contributed by atoms with Gasteiger partial charge in [-0.1, -0.05) is 37.5 Å². The second-order valence-corrected chi connectivity index (χ2v) is 7.38. The topological polar surface area (TPSA) is 65.5 Å². The van der Waals surface area contributed by atoms with Crippen molar-refractivity contribution >= 4 is 47.6 Å². The van der Waals surface area contributed by atoms with E-state index < -0.39 is 0 Å². The molecule has 1 aliphatic carbocycles. The summed E-state index contributed by atoms with van der Waals surface area (Å²) >= 11 is 1.82. The first kappa shape index (κ1) is 23.1. The SMILES string of the molecule is CN=C(NCCNC(=O)C1CCCCC1)NCCSc1ccccc1.I. The summed E-state index contributed by atoms with van der Waals surface area (Å²) < 4.78 is 0. The number of carbonyl (C=O) groups is 1. The average Bonchev–Trinajstić information content (AvgIpc) is 2.68. The second kappa shape index (κ2) is 14.1. The van der Waals surface area contributed by atoms with Gasteiger partial charge in [0.05, 0.1) is 0 Å². The third-order valence-corrected chi connectivity index (χ3v) is 5.34. The lowest BCUT2D eigenvalue weighted by Crippen LogP contribution is -2.43. The molecule has 1 aromatic carbocycles.